The lowest BCUT2D eigenvalue weighted by atomic mass is 10.0. The summed E-state index contributed by atoms with van der Waals surface area (Å²) in [6.07, 6.45) is 4.31. The highest BCUT2D eigenvalue weighted by molar-refractivity contribution is 5.94. The van der Waals surface area contributed by atoms with Gasteiger partial charge in [-0.05, 0) is 37.1 Å². The fourth-order valence-electron chi connectivity index (χ4n) is 3.82. The number of carboxylic acid groups (broad SMARTS) is 1. The van der Waals surface area contributed by atoms with E-state index >= 15 is 0 Å². The van der Waals surface area contributed by atoms with Crippen molar-refractivity contribution in [2.45, 2.75) is 56.3 Å². The first-order valence-electron chi connectivity index (χ1n) is 13.3. The number of nitrogens with zero attached hydrogens (tertiary/aromatic N) is 1. The molecule has 4 atom stereocenters. The van der Waals surface area contributed by atoms with Crippen molar-refractivity contribution in [3.8, 4) is 5.75 Å². The van der Waals surface area contributed by atoms with E-state index in [1.807, 2.05) is 0 Å². The Bertz CT molecular complexity index is 1180. The molecule has 2 rings (SSSR count). The highest BCUT2D eigenvalue weighted by Crippen LogP contribution is 2.12. The van der Waals surface area contributed by atoms with Gasteiger partial charge >= 0.3 is 5.97 Å². The number of hydrogen-bond donors (Lipinski definition) is 10. The molecule has 1 aromatic heterocycles. The number of phenolic OH excluding ortho intramolecular Hbond substituents is 1. The minimum atomic E-state index is -1.61. The third-order valence-electron chi connectivity index (χ3n) is 6.17. The number of aliphatic hydroxyl groups excluding tert-OH is 1. The van der Waals surface area contributed by atoms with Crippen molar-refractivity contribution in [3.63, 3.8) is 0 Å². The van der Waals surface area contributed by atoms with Crippen LogP contribution in [0.2, 0.25) is 0 Å². The topological polar surface area (TPSA) is 275 Å². The van der Waals surface area contributed by atoms with Gasteiger partial charge in [-0.2, -0.15) is 0 Å². The number of unbranched alkanes of at least 4 members (excludes halogenated alkanes) is 1. The number of imidazole rings is 1. The van der Waals surface area contributed by atoms with Gasteiger partial charge in [0.05, 0.1) is 25.5 Å². The normalized spacial score (nSPS) is 13.7. The van der Waals surface area contributed by atoms with Crippen molar-refractivity contribution in [1.29, 1.82) is 0 Å². The molecule has 4 amide bonds. The van der Waals surface area contributed by atoms with Gasteiger partial charge in [0, 0.05) is 24.7 Å². The predicted molar refractivity (Wildman–Crippen MR) is 149 cm³/mol. The first-order chi connectivity index (χ1) is 20.0. The molecule has 0 aliphatic heterocycles. The molecular weight excluding hydrogens is 552 g/mol. The molecule has 0 aliphatic rings. The summed E-state index contributed by atoms with van der Waals surface area (Å²) in [6, 6.07) is 0.850. The van der Waals surface area contributed by atoms with Gasteiger partial charge in [-0.15, -0.1) is 0 Å². The van der Waals surface area contributed by atoms with Gasteiger partial charge < -0.3 is 53.0 Å². The van der Waals surface area contributed by atoms with Crippen LogP contribution in [0.25, 0.3) is 0 Å². The Morgan fingerprint density at radius 1 is 0.905 bits per heavy atom. The summed E-state index contributed by atoms with van der Waals surface area (Å²) in [7, 11) is 0. The fourth-order valence-corrected chi connectivity index (χ4v) is 3.82. The van der Waals surface area contributed by atoms with E-state index in [-0.39, 0.29) is 18.6 Å². The third-order valence-corrected chi connectivity index (χ3v) is 6.17. The molecule has 1 heterocycles. The summed E-state index contributed by atoms with van der Waals surface area (Å²) < 4.78 is 0. The lowest BCUT2D eigenvalue weighted by Gasteiger charge is -2.24. The molecule has 0 saturated carbocycles. The van der Waals surface area contributed by atoms with Crippen molar-refractivity contribution in [2.75, 3.05) is 19.7 Å². The molecule has 1 aromatic carbocycles. The van der Waals surface area contributed by atoms with Crippen molar-refractivity contribution in [3.05, 3.63) is 48.0 Å². The number of aliphatic carboxylic acids is 1. The molecule has 0 radical (unpaired) electrons. The van der Waals surface area contributed by atoms with E-state index in [0.717, 1.165) is 0 Å². The number of carbonyl (C=O) groups excluding carboxylic acids is 4. The zero-order chi connectivity index (χ0) is 31.1. The molecule has 12 N–H and O–H groups in total. The summed E-state index contributed by atoms with van der Waals surface area (Å²) in [5.74, 6) is -4.44. The number of carbonyl (C=O) groups is 5. The van der Waals surface area contributed by atoms with Gasteiger partial charge in [0.25, 0.3) is 0 Å². The number of rotatable bonds is 18. The van der Waals surface area contributed by atoms with Gasteiger partial charge in [0.2, 0.25) is 23.6 Å². The molecule has 0 unspecified atom stereocenters. The highest BCUT2D eigenvalue weighted by atomic mass is 16.4. The lowest BCUT2D eigenvalue weighted by molar-refractivity contribution is -0.143. The van der Waals surface area contributed by atoms with Crippen molar-refractivity contribution < 1.29 is 39.3 Å². The number of aromatic hydroxyl groups is 1. The van der Waals surface area contributed by atoms with Crippen molar-refractivity contribution >= 4 is 29.6 Å². The molecule has 230 valence electrons. The number of aromatic amines is 1. The van der Waals surface area contributed by atoms with Crippen LogP contribution in [-0.2, 0) is 36.8 Å². The minimum Gasteiger partial charge on any atom is -0.508 e. The summed E-state index contributed by atoms with van der Waals surface area (Å²) >= 11 is 0. The van der Waals surface area contributed by atoms with Crippen LogP contribution in [0.4, 0.5) is 0 Å². The van der Waals surface area contributed by atoms with Crippen LogP contribution >= 0.6 is 0 Å². The highest BCUT2D eigenvalue weighted by Gasteiger charge is 2.30. The maximum atomic E-state index is 13.4. The second kappa shape index (κ2) is 17.3. The Balaban J connectivity index is 2.17. The molecule has 2 aromatic rings. The number of carboxylic acids is 1. The van der Waals surface area contributed by atoms with E-state index in [0.29, 0.717) is 37.1 Å². The van der Waals surface area contributed by atoms with Crippen molar-refractivity contribution in [1.82, 2.24) is 31.2 Å². The summed E-state index contributed by atoms with van der Waals surface area (Å²) in [5, 5.41) is 37.7. The first kappa shape index (κ1) is 33.7. The Kier molecular flexibility index (Phi) is 13.9. The van der Waals surface area contributed by atoms with Gasteiger partial charge in [0.1, 0.15) is 23.9 Å². The van der Waals surface area contributed by atoms with E-state index in [1.54, 1.807) is 0 Å². The summed E-state index contributed by atoms with van der Waals surface area (Å²) in [4.78, 5) is 69.3. The van der Waals surface area contributed by atoms with E-state index < -0.39 is 66.9 Å². The number of amides is 4. The SMILES string of the molecule is NCCCC[C@H](N)C(=O)NCC(=O)N[C@@H](Cc1ccc(O)cc1)C(=O)N[C@@H](Cc1cnc[nH]1)C(=O)N[C@@H](CO)C(=O)O. The first-order valence-corrected chi connectivity index (χ1v) is 13.3. The number of hydrogen-bond acceptors (Lipinski definition) is 10. The van der Waals surface area contributed by atoms with Crippen LogP contribution in [0, 0.1) is 0 Å². The molecule has 16 nitrogen and oxygen atoms in total. The molecular formula is C26H38N8O8. The molecule has 0 fully saturated rings. The van der Waals surface area contributed by atoms with Crippen LogP contribution in [0.1, 0.15) is 30.5 Å². The number of nitrogens with one attached hydrogen (secondary N) is 5. The molecule has 0 bridgehead atoms. The number of H-pyrrole nitrogens is 1. The van der Waals surface area contributed by atoms with Gasteiger partial charge in [-0.25, -0.2) is 9.78 Å². The molecule has 0 saturated heterocycles. The minimum absolute atomic E-state index is 0.0116. The van der Waals surface area contributed by atoms with E-state index in [2.05, 4.69) is 31.2 Å². The van der Waals surface area contributed by atoms with Crippen LogP contribution in [0.15, 0.2) is 36.8 Å². The quantitative estimate of drug-likeness (QED) is 0.0781. The van der Waals surface area contributed by atoms with Gasteiger partial charge in [-0.3, -0.25) is 19.2 Å². The average Bonchev–Trinajstić information content (AvgIpc) is 3.48. The number of benzene rings is 1. The van der Waals surface area contributed by atoms with Crippen LogP contribution in [-0.4, -0.2) is 98.7 Å². The van der Waals surface area contributed by atoms with E-state index in [4.69, 9.17) is 11.5 Å². The third kappa shape index (κ3) is 11.5. The Morgan fingerprint density at radius 2 is 1.55 bits per heavy atom. The Hall–Kier alpha value is -4.54. The number of aromatic nitrogens is 2. The van der Waals surface area contributed by atoms with E-state index in [9.17, 15) is 39.3 Å². The summed E-state index contributed by atoms with van der Waals surface area (Å²) in [5.41, 5.74) is 12.3. The number of aliphatic hydroxyl groups is 1. The second-order valence-electron chi connectivity index (χ2n) is 9.52. The standard InChI is InChI=1S/C26H38N8O8/c27-8-2-1-3-18(28)23(38)30-12-22(37)32-19(9-15-4-6-17(36)7-5-15)24(39)33-20(10-16-11-29-14-31-16)25(40)34-21(13-35)26(41)42/h4-7,11,14,18-21,35-36H,1-3,8-10,12-13,27-28H2,(H,29,31)(H,30,38)(H,32,37)(H,33,39)(H,34,40)(H,41,42)/t18-,19-,20-,21-/m0/s1. The van der Waals surface area contributed by atoms with Crippen LogP contribution in [0.3, 0.4) is 0 Å². The number of nitrogens with two attached hydrogens (primary N) is 2. The second-order valence-corrected chi connectivity index (χ2v) is 9.52. The fraction of sp³-hybridized carbons (Fsp3) is 0.462. The smallest absolute Gasteiger partial charge is 0.328 e. The maximum absolute atomic E-state index is 13.4. The largest absolute Gasteiger partial charge is 0.508 e. The Morgan fingerprint density at radius 3 is 2.12 bits per heavy atom. The Labute approximate surface area is 241 Å². The summed E-state index contributed by atoms with van der Waals surface area (Å²) in [6.45, 7) is -0.890. The lowest BCUT2D eigenvalue weighted by Crippen LogP contribution is -2.58. The van der Waals surface area contributed by atoms with E-state index in [1.165, 1.54) is 36.8 Å². The molecule has 16 heteroatoms. The molecule has 0 spiro atoms. The zero-order valence-corrected chi connectivity index (χ0v) is 22.9. The van der Waals surface area contributed by atoms with Gasteiger partial charge in [0.15, 0.2) is 0 Å². The number of phenols is 1. The maximum Gasteiger partial charge on any atom is 0.328 e. The van der Waals surface area contributed by atoms with Crippen LogP contribution < -0.4 is 32.7 Å². The average molecular weight is 591 g/mol. The van der Waals surface area contributed by atoms with Crippen molar-refractivity contribution in [2.24, 2.45) is 11.5 Å². The molecule has 0 aliphatic carbocycles. The monoisotopic (exact) mass is 590 g/mol. The predicted octanol–water partition coefficient (Wildman–Crippen LogP) is -3.00. The van der Waals surface area contributed by atoms with Gasteiger partial charge in [-0.1, -0.05) is 18.6 Å². The zero-order valence-electron chi connectivity index (χ0n) is 22.9. The van der Waals surface area contributed by atoms with Crippen LogP contribution in [0.5, 0.6) is 5.75 Å². The molecule has 42 heavy (non-hydrogen) atoms.